The summed E-state index contributed by atoms with van der Waals surface area (Å²) in [6.45, 7) is 3.79. The normalized spacial score (nSPS) is 11.3. The van der Waals surface area contributed by atoms with Gasteiger partial charge in [-0.3, -0.25) is 24.9 Å². The lowest BCUT2D eigenvalue weighted by molar-refractivity contribution is -0.385. The predicted molar refractivity (Wildman–Crippen MR) is 108 cm³/mol. The Balaban J connectivity index is 1.89. The number of benzene rings is 1. The van der Waals surface area contributed by atoms with Crippen molar-refractivity contribution < 1.29 is 14.1 Å². The number of nitro benzene ring substituents is 1. The van der Waals surface area contributed by atoms with Crippen molar-refractivity contribution in [2.75, 3.05) is 0 Å². The van der Waals surface area contributed by atoms with Gasteiger partial charge in [0.05, 0.1) is 22.4 Å². The number of hydrogen-bond donors (Lipinski definition) is 0. The number of non-ortho nitro benzene ring substituents is 1. The Bertz CT molecular complexity index is 1110. The van der Waals surface area contributed by atoms with Crippen LogP contribution in [0.25, 0.3) is 11.6 Å². The van der Waals surface area contributed by atoms with Crippen LogP contribution in [0, 0.1) is 22.9 Å². The van der Waals surface area contributed by atoms with Crippen molar-refractivity contribution in [2.45, 2.75) is 20.3 Å². The smallest absolute Gasteiger partial charge is 0.272 e. The molecule has 1 aromatic carbocycles. The summed E-state index contributed by atoms with van der Waals surface area (Å²) in [5, 5.41) is 10.8. The largest absolute Gasteiger partial charge is 0.298 e. The Labute approximate surface area is 166 Å². The molecule has 0 aliphatic rings. The number of carbonyl (C=O) groups excluding carboxylic acids is 1. The fourth-order valence-corrected chi connectivity index (χ4v) is 2.92. The highest BCUT2D eigenvalue weighted by Crippen LogP contribution is 2.23. The highest BCUT2D eigenvalue weighted by Gasteiger charge is 2.13. The van der Waals surface area contributed by atoms with Gasteiger partial charge in [0.25, 0.3) is 5.69 Å². The van der Waals surface area contributed by atoms with Gasteiger partial charge in [-0.05, 0) is 66.5 Å². The van der Waals surface area contributed by atoms with E-state index in [0.29, 0.717) is 17.5 Å². The molecule has 0 amide bonds. The highest BCUT2D eigenvalue weighted by atomic mass is 19.1. The molecule has 0 radical (unpaired) electrons. The zero-order valence-corrected chi connectivity index (χ0v) is 15.9. The van der Waals surface area contributed by atoms with Crippen LogP contribution in [0.5, 0.6) is 0 Å². The summed E-state index contributed by atoms with van der Waals surface area (Å²) in [6, 6.07) is 8.94. The van der Waals surface area contributed by atoms with E-state index < -0.39 is 10.7 Å². The van der Waals surface area contributed by atoms with Gasteiger partial charge in [-0.2, -0.15) is 0 Å². The first-order valence-electron chi connectivity index (χ1n) is 8.86. The summed E-state index contributed by atoms with van der Waals surface area (Å²) in [5.74, 6) is -0.608. The molecule has 2 heterocycles. The minimum absolute atomic E-state index is 0.273. The molecule has 3 rings (SSSR count). The van der Waals surface area contributed by atoms with E-state index in [1.807, 2.05) is 19.9 Å². The molecular weight excluding hydrogens is 373 g/mol. The van der Waals surface area contributed by atoms with E-state index in [1.165, 1.54) is 18.3 Å². The third kappa shape index (κ3) is 4.57. The van der Waals surface area contributed by atoms with Crippen LogP contribution in [0.1, 0.15) is 45.4 Å². The van der Waals surface area contributed by atoms with Gasteiger partial charge in [-0.15, -0.1) is 0 Å². The van der Waals surface area contributed by atoms with Gasteiger partial charge in [-0.25, -0.2) is 4.39 Å². The number of halogens is 1. The van der Waals surface area contributed by atoms with Crippen LogP contribution in [-0.4, -0.2) is 21.2 Å². The van der Waals surface area contributed by atoms with Gasteiger partial charge in [0.2, 0.25) is 0 Å². The lowest BCUT2D eigenvalue weighted by Gasteiger charge is -2.10. The molecule has 0 atom stereocenters. The lowest BCUT2D eigenvalue weighted by Crippen LogP contribution is -2.00. The number of pyridine rings is 2. The topological polar surface area (TPSA) is 86.0 Å². The van der Waals surface area contributed by atoms with Crippen LogP contribution in [0.15, 0.2) is 48.8 Å². The number of nitro groups is 1. The molecule has 0 aliphatic carbocycles. The van der Waals surface area contributed by atoms with Crippen molar-refractivity contribution in [3.8, 4) is 0 Å². The Morgan fingerprint density at radius 3 is 2.59 bits per heavy atom. The Morgan fingerprint density at radius 1 is 1.17 bits per heavy atom. The van der Waals surface area contributed by atoms with Gasteiger partial charge in [0.1, 0.15) is 5.82 Å². The highest BCUT2D eigenvalue weighted by molar-refractivity contribution is 5.80. The fourth-order valence-electron chi connectivity index (χ4n) is 2.92. The summed E-state index contributed by atoms with van der Waals surface area (Å²) in [7, 11) is 0. The Hall–Kier alpha value is -3.74. The van der Waals surface area contributed by atoms with Gasteiger partial charge in [-0.1, -0.05) is 0 Å². The first-order chi connectivity index (χ1) is 13.9. The van der Waals surface area contributed by atoms with E-state index in [9.17, 15) is 19.3 Å². The number of allylic oxidation sites excluding steroid dienone is 1. The molecule has 2 aromatic heterocycles. The fraction of sp³-hybridized carbons (Fsp3) is 0.136. The van der Waals surface area contributed by atoms with E-state index in [1.54, 1.807) is 24.4 Å². The Kier molecular flexibility index (Phi) is 5.87. The van der Waals surface area contributed by atoms with Gasteiger partial charge in [0, 0.05) is 30.4 Å². The summed E-state index contributed by atoms with van der Waals surface area (Å²) < 4.78 is 14.3. The van der Waals surface area contributed by atoms with E-state index in [4.69, 9.17) is 0 Å². The number of hydrogen-bond acceptors (Lipinski definition) is 5. The number of carbonyl (C=O) groups is 1. The first kappa shape index (κ1) is 20.0. The zero-order chi connectivity index (χ0) is 21.0. The number of nitrogens with zero attached hydrogens (tertiary/aromatic N) is 3. The average molecular weight is 391 g/mol. The molecular formula is C22H18FN3O3. The minimum Gasteiger partial charge on any atom is -0.298 e. The van der Waals surface area contributed by atoms with Gasteiger partial charge >= 0.3 is 0 Å². The number of aldehydes is 1. The summed E-state index contributed by atoms with van der Waals surface area (Å²) in [5.41, 5.74) is 4.68. The monoisotopic (exact) mass is 391 g/mol. The Morgan fingerprint density at radius 2 is 1.97 bits per heavy atom. The molecule has 3 aromatic rings. The van der Waals surface area contributed by atoms with Crippen molar-refractivity contribution >= 4 is 23.6 Å². The maximum absolute atomic E-state index is 14.3. The van der Waals surface area contributed by atoms with E-state index in [2.05, 4.69) is 9.97 Å². The minimum atomic E-state index is -0.619. The summed E-state index contributed by atoms with van der Waals surface area (Å²) in [4.78, 5) is 29.6. The van der Waals surface area contributed by atoms with Gasteiger partial charge < -0.3 is 0 Å². The SMILES string of the molecule is C/C(=C\c1nccc(Cc2ccc([N+](=O)[O-])cc2F)c1C)c1ccc(C=O)cn1. The molecule has 0 saturated heterocycles. The third-order valence-electron chi connectivity index (χ3n) is 4.66. The second-order valence-corrected chi connectivity index (χ2v) is 6.61. The number of aromatic nitrogens is 2. The zero-order valence-electron chi connectivity index (χ0n) is 15.9. The lowest BCUT2D eigenvalue weighted by atomic mass is 9.98. The standard InChI is InChI=1S/C22H18FN3O3/c1-14(21-6-3-16(13-27)12-25-21)9-22-15(2)17(7-8-24-22)10-18-4-5-19(26(28)29)11-20(18)23/h3-9,11-13H,10H2,1-2H3/b14-9+. The summed E-state index contributed by atoms with van der Waals surface area (Å²) >= 11 is 0. The second-order valence-electron chi connectivity index (χ2n) is 6.61. The molecule has 0 saturated carbocycles. The molecule has 0 fully saturated rings. The predicted octanol–water partition coefficient (Wildman–Crippen LogP) is 4.80. The molecule has 29 heavy (non-hydrogen) atoms. The molecule has 7 heteroatoms. The number of rotatable bonds is 6. The molecule has 0 bridgehead atoms. The third-order valence-corrected chi connectivity index (χ3v) is 4.66. The first-order valence-corrected chi connectivity index (χ1v) is 8.86. The van der Waals surface area contributed by atoms with Crippen LogP contribution in [0.3, 0.4) is 0 Å². The van der Waals surface area contributed by atoms with Crippen LogP contribution in [-0.2, 0) is 6.42 Å². The van der Waals surface area contributed by atoms with Crippen molar-refractivity contribution in [1.29, 1.82) is 0 Å². The van der Waals surface area contributed by atoms with Crippen LogP contribution in [0.4, 0.5) is 10.1 Å². The van der Waals surface area contributed by atoms with Gasteiger partial charge in [0.15, 0.2) is 6.29 Å². The molecule has 0 spiro atoms. The van der Waals surface area contributed by atoms with E-state index in [0.717, 1.165) is 40.4 Å². The van der Waals surface area contributed by atoms with Crippen molar-refractivity contribution in [1.82, 2.24) is 9.97 Å². The average Bonchev–Trinajstić information content (AvgIpc) is 2.72. The van der Waals surface area contributed by atoms with Crippen LogP contribution >= 0.6 is 0 Å². The molecule has 0 N–H and O–H groups in total. The van der Waals surface area contributed by atoms with E-state index >= 15 is 0 Å². The molecule has 146 valence electrons. The summed E-state index contributed by atoms with van der Waals surface area (Å²) in [6.07, 6.45) is 6.07. The maximum Gasteiger partial charge on any atom is 0.272 e. The quantitative estimate of drug-likeness (QED) is 0.342. The second kappa shape index (κ2) is 8.52. The van der Waals surface area contributed by atoms with Crippen LogP contribution < -0.4 is 0 Å². The molecule has 0 unspecified atom stereocenters. The van der Waals surface area contributed by atoms with Crippen LogP contribution in [0.2, 0.25) is 0 Å². The maximum atomic E-state index is 14.3. The van der Waals surface area contributed by atoms with Crippen molar-refractivity contribution in [3.63, 3.8) is 0 Å². The molecule has 0 aliphatic heterocycles. The van der Waals surface area contributed by atoms with E-state index in [-0.39, 0.29) is 5.69 Å². The van der Waals surface area contributed by atoms with Crippen molar-refractivity contribution in [3.05, 3.63) is 98.4 Å². The van der Waals surface area contributed by atoms with Crippen molar-refractivity contribution in [2.24, 2.45) is 0 Å². The molecule has 6 nitrogen and oxygen atoms in total.